The topological polar surface area (TPSA) is 35.0 Å². The smallest absolute Gasteiger partial charge is 0.213 e. The number of fused-ring (bicyclic) bond motifs is 1. The number of hydrogen-bond acceptors (Lipinski definition) is 3. The average Bonchev–Trinajstić information content (AvgIpc) is 2.23. The molecule has 14 heavy (non-hydrogen) atoms. The predicted molar refractivity (Wildman–Crippen MR) is 58.8 cm³/mol. The van der Waals surface area contributed by atoms with Gasteiger partial charge in [0.25, 0.3) is 0 Å². The molecule has 0 unspecified atom stereocenters. The Bertz CT molecular complexity index is 489. The number of halogens is 2. The van der Waals surface area contributed by atoms with Crippen molar-refractivity contribution in [1.29, 1.82) is 0 Å². The van der Waals surface area contributed by atoms with Crippen LogP contribution in [0.4, 0.5) is 0 Å². The van der Waals surface area contributed by atoms with E-state index in [-0.39, 0.29) is 0 Å². The molecule has 2 rings (SSSR count). The molecule has 0 amide bonds. The summed E-state index contributed by atoms with van der Waals surface area (Å²) in [7, 11) is 1.56. The molecule has 2 heterocycles. The summed E-state index contributed by atoms with van der Waals surface area (Å²) in [6.07, 6.45) is 1.65. The molecule has 5 heteroatoms. The molecule has 0 N–H and O–H groups in total. The van der Waals surface area contributed by atoms with Crippen molar-refractivity contribution in [2.45, 2.75) is 0 Å². The summed E-state index contributed by atoms with van der Waals surface area (Å²) >= 11 is 9.34. The van der Waals surface area contributed by atoms with E-state index in [4.69, 9.17) is 16.3 Å². The molecular formula is C9H6BrClN2O. The lowest BCUT2D eigenvalue weighted by atomic mass is 10.3. The fourth-order valence-corrected chi connectivity index (χ4v) is 1.59. The summed E-state index contributed by atoms with van der Waals surface area (Å²) in [6.45, 7) is 0. The van der Waals surface area contributed by atoms with Gasteiger partial charge in [0.15, 0.2) is 0 Å². The summed E-state index contributed by atoms with van der Waals surface area (Å²) < 4.78 is 5.73. The van der Waals surface area contributed by atoms with Crippen molar-refractivity contribution >= 4 is 38.6 Å². The maximum absolute atomic E-state index is 6.05. The van der Waals surface area contributed by atoms with Crippen molar-refractivity contribution in [2.75, 3.05) is 7.11 Å². The zero-order valence-corrected chi connectivity index (χ0v) is 9.63. The van der Waals surface area contributed by atoms with Gasteiger partial charge in [-0.1, -0.05) is 11.6 Å². The highest BCUT2D eigenvalue weighted by molar-refractivity contribution is 9.10. The Morgan fingerprint density at radius 1 is 1.43 bits per heavy atom. The molecule has 3 nitrogen and oxygen atoms in total. The number of ether oxygens (including phenoxy) is 1. The first-order valence-corrected chi connectivity index (χ1v) is 5.04. The van der Waals surface area contributed by atoms with Crippen molar-refractivity contribution in [2.24, 2.45) is 0 Å². The van der Waals surface area contributed by atoms with Crippen LogP contribution in [0.5, 0.6) is 5.88 Å². The summed E-state index contributed by atoms with van der Waals surface area (Å²) in [6, 6.07) is 3.57. The van der Waals surface area contributed by atoms with Crippen LogP contribution in [0.2, 0.25) is 5.02 Å². The van der Waals surface area contributed by atoms with E-state index in [0.29, 0.717) is 16.4 Å². The van der Waals surface area contributed by atoms with Crippen molar-refractivity contribution < 1.29 is 4.74 Å². The van der Waals surface area contributed by atoms with Gasteiger partial charge in [0.2, 0.25) is 5.88 Å². The molecule has 2 aromatic heterocycles. The van der Waals surface area contributed by atoms with E-state index in [1.54, 1.807) is 19.4 Å². The predicted octanol–water partition coefficient (Wildman–Crippen LogP) is 3.05. The van der Waals surface area contributed by atoms with Gasteiger partial charge >= 0.3 is 0 Å². The maximum atomic E-state index is 6.05. The largest absolute Gasteiger partial charge is 0.481 e. The second-order valence-electron chi connectivity index (χ2n) is 2.64. The minimum Gasteiger partial charge on any atom is -0.481 e. The molecule has 2 aromatic rings. The van der Waals surface area contributed by atoms with E-state index in [1.807, 2.05) is 6.07 Å². The Kier molecular flexibility index (Phi) is 2.56. The van der Waals surface area contributed by atoms with Gasteiger partial charge in [0.1, 0.15) is 5.52 Å². The molecule has 0 saturated carbocycles. The molecule has 0 saturated heterocycles. The third kappa shape index (κ3) is 1.55. The zero-order chi connectivity index (χ0) is 10.1. The Morgan fingerprint density at radius 2 is 2.21 bits per heavy atom. The van der Waals surface area contributed by atoms with E-state index in [9.17, 15) is 0 Å². The highest BCUT2D eigenvalue weighted by Crippen LogP contribution is 2.29. The molecule has 0 spiro atoms. The van der Waals surface area contributed by atoms with Crippen LogP contribution in [0.1, 0.15) is 0 Å². The molecule has 0 aromatic carbocycles. The fourth-order valence-electron chi connectivity index (χ4n) is 1.11. The minimum absolute atomic E-state index is 0.527. The van der Waals surface area contributed by atoms with Crippen LogP contribution in [0.15, 0.2) is 22.8 Å². The second kappa shape index (κ2) is 3.71. The Hall–Kier alpha value is -0.870. The van der Waals surface area contributed by atoms with Gasteiger partial charge < -0.3 is 4.74 Å². The number of pyridine rings is 2. The third-order valence-electron chi connectivity index (χ3n) is 1.79. The lowest BCUT2D eigenvalue weighted by Crippen LogP contribution is -1.90. The van der Waals surface area contributed by atoms with Crippen LogP contribution >= 0.6 is 27.5 Å². The molecular weight excluding hydrogens is 267 g/mol. The van der Waals surface area contributed by atoms with Crippen LogP contribution in [0, 0.1) is 0 Å². The molecule has 0 aliphatic carbocycles. The van der Waals surface area contributed by atoms with Crippen LogP contribution in [-0.2, 0) is 0 Å². The van der Waals surface area contributed by atoms with Crippen LogP contribution in [0.3, 0.4) is 0 Å². The van der Waals surface area contributed by atoms with Crippen molar-refractivity contribution in [1.82, 2.24) is 9.97 Å². The van der Waals surface area contributed by atoms with Crippen LogP contribution in [-0.4, -0.2) is 17.1 Å². The molecule has 0 fully saturated rings. The number of aromatic nitrogens is 2. The third-order valence-corrected chi connectivity index (χ3v) is 3.00. The van der Waals surface area contributed by atoms with Gasteiger partial charge in [0, 0.05) is 12.3 Å². The fraction of sp³-hybridized carbons (Fsp3) is 0.111. The maximum Gasteiger partial charge on any atom is 0.213 e. The van der Waals surface area contributed by atoms with E-state index in [1.165, 1.54) is 0 Å². The summed E-state index contributed by atoms with van der Waals surface area (Å²) in [5, 5.41) is 0.550. The van der Waals surface area contributed by atoms with Gasteiger partial charge in [-0.3, -0.25) is 4.98 Å². The monoisotopic (exact) mass is 272 g/mol. The van der Waals surface area contributed by atoms with Crippen LogP contribution in [0.25, 0.3) is 11.0 Å². The normalized spacial score (nSPS) is 10.5. The van der Waals surface area contributed by atoms with Crippen molar-refractivity contribution in [3.8, 4) is 5.88 Å². The molecule has 72 valence electrons. The molecule has 0 radical (unpaired) electrons. The van der Waals surface area contributed by atoms with Gasteiger partial charge in [-0.2, -0.15) is 0 Å². The number of rotatable bonds is 1. The van der Waals surface area contributed by atoms with Gasteiger partial charge in [-0.05, 0) is 22.0 Å². The lowest BCUT2D eigenvalue weighted by Gasteiger charge is -2.03. The Labute approximate surface area is 94.2 Å². The lowest BCUT2D eigenvalue weighted by molar-refractivity contribution is 0.399. The number of methoxy groups -OCH3 is 1. The Balaban J connectivity index is 2.78. The number of hydrogen-bond donors (Lipinski definition) is 0. The quantitative estimate of drug-likeness (QED) is 0.801. The average molecular weight is 274 g/mol. The Morgan fingerprint density at radius 3 is 2.93 bits per heavy atom. The minimum atomic E-state index is 0.527. The SMILES string of the molecule is COc1ccc2ncc(Br)c(Cl)c2n1. The molecule has 0 bridgehead atoms. The first kappa shape index (κ1) is 9.68. The highest BCUT2D eigenvalue weighted by atomic mass is 79.9. The zero-order valence-electron chi connectivity index (χ0n) is 7.29. The molecule has 0 aliphatic heterocycles. The molecule has 0 aliphatic rings. The summed E-state index contributed by atoms with van der Waals surface area (Å²) in [5.41, 5.74) is 1.39. The summed E-state index contributed by atoms with van der Waals surface area (Å²) in [5.74, 6) is 0.527. The number of nitrogens with zero attached hydrogens (tertiary/aromatic N) is 2. The first-order valence-electron chi connectivity index (χ1n) is 3.87. The molecule has 0 atom stereocenters. The summed E-state index contributed by atoms with van der Waals surface area (Å²) in [4.78, 5) is 8.38. The van der Waals surface area contributed by atoms with E-state index < -0.39 is 0 Å². The second-order valence-corrected chi connectivity index (χ2v) is 3.87. The van der Waals surface area contributed by atoms with E-state index in [0.717, 1.165) is 9.99 Å². The standard InChI is InChI=1S/C9H6BrClN2O/c1-14-7-3-2-6-9(13-7)8(11)5(10)4-12-6/h2-4H,1H3. The van der Waals surface area contributed by atoms with Gasteiger partial charge in [-0.25, -0.2) is 4.98 Å². The van der Waals surface area contributed by atoms with Gasteiger partial charge in [-0.15, -0.1) is 0 Å². The van der Waals surface area contributed by atoms with Crippen molar-refractivity contribution in [3.05, 3.63) is 27.8 Å². The van der Waals surface area contributed by atoms with E-state index >= 15 is 0 Å². The van der Waals surface area contributed by atoms with Crippen LogP contribution < -0.4 is 4.74 Å². The van der Waals surface area contributed by atoms with E-state index in [2.05, 4.69) is 25.9 Å². The first-order chi connectivity index (χ1) is 6.72. The highest BCUT2D eigenvalue weighted by Gasteiger charge is 2.06. The van der Waals surface area contributed by atoms with Crippen molar-refractivity contribution in [3.63, 3.8) is 0 Å². The van der Waals surface area contributed by atoms with Gasteiger partial charge in [0.05, 0.1) is 22.1 Å².